The molecule has 3 aliphatic carbocycles. The Kier molecular flexibility index (Phi) is 11.8. The third-order valence-electron chi connectivity index (χ3n) is 12.8. The van der Waals surface area contributed by atoms with E-state index in [1.165, 1.54) is 0 Å². The number of Topliss-reactive ketones (excluding diaryl/α,β-unsaturated/α-hetero) is 1. The Bertz CT molecular complexity index is 1490. The van der Waals surface area contributed by atoms with Crippen LogP contribution in [0.1, 0.15) is 119 Å². The van der Waals surface area contributed by atoms with Gasteiger partial charge in [-0.15, -0.1) is 0 Å². The molecule has 0 aromatic carbocycles. The van der Waals surface area contributed by atoms with Crippen LogP contribution in [0.4, 0.5) is 4.79 Å². The van der Waals surface area contributed by atoms with Crippen LogP contribution in [0.5, 0.6) is 0 Å². The number of nitrogens with zero attached hydrogens (tertiary/aromatic N) is 1. The van der Waals surface area contributed by atoms with Crippen LogP contribution < -0.4 is 21.3 Å². The van der Waals surface area contributed by atoms with Crippen LogP contribution in [0.2, 0.25) is 0 Å². The minimum atomic E-state index is -3.62. The molecule has 2 saturated heterocycles. The topological polar surface area (TPSA) is 180 Å². The fourth-order valence-corrected chi connectivity index (χ4v) is 11.1. The van der Waals surface area contributed by atoms with Crippen molar-refractivity contribution in [2.75, 3.05) is 32.1 Å². The van der Waals surface area contributed by atoms with Crippen molar-refractivity contribution in [1.82, 2.24) is 26.2 Å². The van der Waals surface area contributed by atoms with E-state index in [-0.39, 0.29) is 28.9 Å². The first-order valence-electron chi connectivity index (χ1n) is 19.6. The normalized spacial score (nSPS) is 27.4. The molecule has 5 fully saturated rings. The fraction of sp³-hybridized carbons (Fsp3) is 0.868. The number of carbonyl (C=O) groups excluding carboxylic acids is 5. The average molecular weight is 750 g/mol. The molecular formula is C38H63N5O8S. The maximum absolute atomic E-state index is 14.6. The van der Waals surface area contributed by atoms with Gasteiger partial charge in [0.05, 0.1) is 22.1 Å². The third-order valence-corrected chi connectivity index (χ3v) is 15.6. The number of nitrogens with one attached hydrogen (secondary N) is 4. The van der Waals surface area contributed by atoms with Crippen LogP contribution in [0.15, 0.2) is 0 Å². The lowest BCUT2D eigenvalue weighted by Crippen LogP contribution is -2.64. The molecule has 2 heterocycles. The van der Waals surface area contributed by atoms with E-state index in [0.717, 1.165) is 32.1 Å². The molecule has 0 aromatic rings. The number of hydrogen-bond donors (Lipinski definition) is 4. The third kappa shape index (κ3) is 8.63. The highest BCUT2D eigenvalue weighted by Gasteiger charge is 2.70. The molecule has 2 aliphatic heterocycles. The number of hydrogen-bond acceptors (Lipinski definition) is 8. The van der Waals surface area contributed by atoms with Gasteiger partial charge in [-0.3, -0.25) is 19.2 Å². The highest BCUT2D eigenvalue weighted by Crippen LogP contribution is 2.65. The summed E-state index contributed by atoms with van der Waals surface area (Å²) in [5.41, 5.74) is -1.93. The number of urea groups is 1. The zero-order chi connectivity index (χ0) is 38.3. The number of sulfone groups is 1. The van der Waals surface area contributed by atoms with Crippen molar-refractivity contribution < 1.29 is 37.1 Å². The molecule has 5 aliphatic rings. The largest absolute Gasteiger partial charge is 0.381 e. The minimum absolute atomic E-state index is 0.0642. The Morgan fingerprint density at radius 3 is 2.13 bits per heavy atom. The second-order valence-electron chi connectivity index (χ2n) is 18.3. The molecule has 3 saturated carbocycles. The van der Waals surface area contributed by atoms with Crippen molar-refractivity contribution in [2.45, 2.75) is 148 Å². The molecule has 4 N–H and O–H groups in total. The van der Waals surface area contributed by atoms with Gasteiger partial charge in [0.1, 0.15) is 12.1 Å². The van der Waals surface area contributed by atoms with E-state index in [1.54, 1.807) is 11.8 Å². The van der Waals surface area contributed by atoms with E-state index >= 15 is 0 Å². The van der Waals surface area contributed by atoms with Crippen molar-refractivity contribution in [3.63, 3.8) is 0 Å². The smallest absolute Gasteiger partial charge is 0.315 e. The molecule has 14 heteroatoms. The van der Waals surface area contributed by atoms with Crippen LogP contribution in [0.3, 0.4) is 0 Å². The zero-order valence-electron chi connectivity index (χ0n) is 32.4. The molecular weight excluding hydrogens is 687 g/mol. The molecule has 13 nitrogen and oxygen atoms in total. The van der Waals surface area contributed by atoms with Crippen LogP contribution in [0, 0.1) is 28.6 Å². The Morgan fingerprint density at radius 2 is 1.56 bits per heavy atom. The van der Waals surface area contributed by atoms with Crippen molar-refractivity contribution in [3.8, 4) is 0 Å². The highest BCUT2D eigenvalue weighted by molar-refractivity contribution is 7.92. The molecule has 0 unspecified atom stereocenters. The number of likely N-dealkylation sites (tertiary alicyclic amines) is 1. The Hall–Kier alpha value is -2.74. The van der Waals surface area contributed by atoms with Gasteiger partial charge in [0, 0.05) is 26.3 Å². The highest BCUT2D eigenvalue weighted by atomic mass is 32.2. The lowest BCUT2D eigenvalue weighted by Gasteiger charge is -2.42. The first kappa shape index (κ1) is 40.4. The first-order valence-corrected chi connectivity index (χ1v) is 21.2. The van der Waals surface area contributed by atoms with Gasteiger partial charge in [0.2, 0.25) is 17.6 Å². The number of fused-ring (bicyclic) bond motifs is 1. The van der Waals surface area contributed by atoms with Gasteiger partial charge < -0.3 is 30.9 Å². The second kappa shape index (κ2) is 15.2. The number of amides is 5. The fourth-order valence-electron chi connectivity index (χ4n) is 8.88. The average Bonchev–Trinajstić information content (AvgIpc) is 3.92. The number of ketones is 1. The number of piperidine rings is 1. The standard InChI is InChI=1S/C38H63N5O8S/c1-8-18-39-32(46)29(44)26(21-24-12-13-24)40-31(45)28-27-25(36(27,5)6)22-43(28)33(47)30(35(2,3)4)41-34(48)42-38(14-10-9-11-15-38)23-52(49,50)37(7)16-19-51-20-17-37/h24-28,30H,8-23H2,1-7H3,(H,39,46)(H,40,45)(H2,41,42,48)/t25-,26-,27-,28-,30+/m0/s1. The van der Waals surface area contributed by atoms with Crippen LogP contribution in [-0.2, 0) is 33.8 Å². The van der Waals surface area contributed by atoms with Gasteiger partial charge in [-0.05, 0) is 74.0 Å². The monoisotopic (exact) mass is 749 g/mol. The molecule has 294 valence electrons. The Balaban J connectivity index is 1.33. The van der Waals surface area contributed by atoms with E-state index in [2.05, 4.69) is 35.1 Å². The predicted octanol–water partition coefficient (Wildman–Crippen LogP) is 3.25. The lowest BCUT2D eigenvalue weighted by molar-refractivity contribution is -0.145. The predicted molar refractivity (Wildman–Crippen MR) is 197 cm³/mol. The summed E-state index contributed by atoms with van der Waals surface area (Å²) in [4.78, 5) is 70.1. The molecule has 5 rings (SSSR count). The Labute approximate surface area is 310 Å². The summed E-state index contributed by atoms with van der Waals surface area (Å²) in [7, 11) is -3.62. The van der Waals surface area contributed by atoms with E-state index in [0.29, 0.717) is 64.8 Å². The summed E-state index contributed by atoms with van der Waals surface area (Å²) in [6, 6.07) is -3.49. The lowest BCUT2D eigenvalue weighted by atomic mass is 9.83. The van der Waals surface area contributed by atoms with Gasteiger partial charge in [-0.25, -0.2) is 13.2 Å². The summed E-state index contributed by atoms with van der Waals surface area (Å²) in [6.07, 6.45) is 7.28. The van der Waals surface area contributed by atoms with E-state index in [9.17, 15) is 32.4 Å². The minimum Gasteiger partial charge on any atom is -0.381 e. The number of carbonyl (C=O) groups is 5. The first-order chi connectivity index (χ1) is 24.3. The Morgan fingerprint density at radius 1 is 0.923 bits per heavy atom. The SMILES string of the molecule is CCCNC(=O)C(=O)[C@H](CC1CC1)NC(=O)[C@@H]1[C@@H]2[C@H](CN1C(=O)[C@@H](NC(=O)NC1(CS(=O)(=O)C3(C)CCOCC3)CCCCC1)C(C)(C)C)C2(C)C. The molecule has 0 radical (unpaired) electrons. The van der Waals surface area contributed by atoms with Crippen molar-refractivity contribution in [1.29, 1.82) is 0 Å². The summed E-state index contributed by atoms with van der Waals surface area (Å²) in [6.45, 7) is 14.8. The molecule has 0 aromatic heterocycles. The molecule has 0 spiro atoms. The van der Waals surface area contributed by atoms with E-state index in [1.807, 2.05) is 27.7 Å². The molecule has 0 bridgehead atoms. The van der Waals surface area contributed by atoms with Crippen molar-refractivity contribution in [2.24, 2.45) is 28.6 Å². The number of rotatable bonds is 14. The van der Waals surface area contributed by atoms with Gasteiger partial charge in [0.15, 0.2) is 9.84 Å². The van der Waals surface area contributed by atoms with Gasteiger partial charge in [-0.1, -0.05) is 73.6 Å². The zero-order valence-corrected chi connectivity index (χ0v) is 33.2. The summed E-state index contributed by atoms with van der Waals surface area (Å²) < 4.78 is 32.3. The summed E-state index contributed by atoms with van der Waals surface area (Å²) in [5.74, 6) is -2.25. The van der Waals surface area contributed by atoms with Crippen LogP contribution in [-0.4, -0.2) is 103 Å². The summed E-state index contributed by atoms with van der Waals surface area (Å²) >= 11 is 0. The summed E-state index contributed by atoms with van der Waals surface area (Å²) in [5, 5.41) is 11.5. The molecule has 5 amide bonds. The number of ether oxygens (including phenoxy) is 1. The van der Waals surface area contributed by atoms with Gasteiger partial charge in [-0.2, -0.15) is 0 Å². The van der Waals surface area contributed by atoms with Gasteiger partial charge >= 0.3 is 6.03 Å². The van der Waals surface area contributed by atoms with E-state index in [4.69, 9.17) is 4.74 Å². The van der Waals surface area contributed by atoms with Crippen molar-refractivity contribution >= 4 is 39.4 Å². The van der Waals surface area contributed by atoms with Crippen LogP contribution in [0.25, 0.3) is 0 Å². The van der Waals surface area contributed by atoms with E-state index < -0.39 is 73.2 Å². The van der Waals surface area contributed by atoms with Gasteiger partial charge in [0.25, 0.3) is 5.91 Å². The van der Waals surface area contributed by atoms with Crippen LogP contribution >= 0.6 is 0 Å². The van der Waals surface area contributed by atoms with Crippen molar-refractivity contribution in [3.05, 3.63) is 0 Å². The second-order valence-corrected chi connectivity index (χ2v) is 20.8. The molecule has 52 heavy (non-hydrogen) atoms. The maximum Gasteiger partial charge on any atom is 0.315 e. The maximum atomic E-state index is 14.6. The quantitative estimate of drug-likeness (QED) is 0.196. The molecule has 5 atom stereocenters.